The summed E-state index contributed by atoms with van der Waals surface area (Å²) >= 11 is 4.63. The molecule has 8 heteroatoms. The Balaban J connectivity index is 1.83. The number of hydrogen-bond acceptors (Lipinski definition) is 5. The second-order valence-corrected chi connectivity index (χ2v) is 7.04. The van der Waals surface area contributed by atoms with E-state index in [0.717, 1.165) is 4.47 Å². The number of halogens is 1. The maximum Gasteiger partial charge on any atom is 0.341 e. The van der Waals surface area contributed by atoms with Crippen LogP contribution in [0.15, 0.2) is 62.9 Å². The number of para-hydroxylation sites is 2. The molecule has 1 fully saturated rings. The van der Waals surface area contributed by atoms with Gasteiger partial charge in [0.05, 0.1) is 10.6 Å². The van der Waals surface area contributed by atoms with E-state index in [-0.39, 0.29) is 5.91 Å². The van der Waals surface area contributed by atoms with Gasteiger partial charge < -0.3 is 15.2 Å². The lowest BCUT2D eigenvalue weighted by Gasteiger charge is -2.06. The molecule has 26 heavy (non-hydrogen) atoms. The van der Waals surface area contributed by atoms with Gasteiger partial charge in [-0.1, -0.05) is 30.3 Å². The van der Waals surface area contributed by atoms with E-state index in [1.807, 2.05) is 24.3 Å². The number of hydrogen-bond donors (Lipinski definition) is 2. The van der Waals surface area contributed by atoms with Crippen molar-refractivity contribution < 1.29 is 19.4 Å². The second kappa shape index (κ2) is 8.20. The van der Waals surface area contributed by atoms with Crippen LogP contribution in [0, 0.1) is 0 Å². The molecule has 3 rings (SSSR count). The molecule has 2 aromatic rings. The number of amides is 1. The number of amidine groups is 1. The van der Waals surface area contributed by atoms with Crippen LogP contribution in [-0.2, 0) is 9.59 Å². The van der Waals surface area contributed by atoms with E-state index < -0.39 is 12.6 Å². The zero-order chi connectivity index (χ0) is 18.5. The molecule has 2 aromatic carbocycles. The van der Waals surface area contributed by atoms with Crippen LogP contribution in [0.1, 0.15) is 5.56 Å². The predicted octanol–water partition coefficient (Wildman–Crippen LogP) is 3.80. The van der Waals surface area contributed by atoms with Gasteiger partial charge in [0.25, 0.3) is 5.91 Å². The molecule has 0 unspecified atom stereocenters. The van der Waals surface area contributed by atoms with Crippen molar-refractivity contribution in [2.75, 3.05) is 6.61 Å². The van der Waals surface area contributed by atoms with Gasteiger partial charge in [-0.25, -0.2) is 9.79 Å². The van der Waals surface area contributed by atoms with Crippen molar-refractivity contribution in [2.24, 2.45) is 4.99 Å². The number of nitrogens with zero attached hydrogens (tertiary/aromatic N) is 1. The predicted molar refractivity (Wildman–Crippen MR) is 105 cm³/mol. The molecule has 1 aliphatic heterocycles. The molecule has 0 atom stereocenters. The van der Waals surface area contributed by atoms with Gasteiger partial charge in [0.15, 0.2) is 11.8 Å². The van der Waals surface area contributed by atoms with Gasteiger partial charge in [-0.05, 0) is 52.0 Å². The minimum absolute atomic E-state index is 0.270. The normalized spacial score (nSPS) is 16.7. The van der Waals surface area contributed by atoms with Gasteiger partial charge in [0.1, 0.15) is 5.75 Å². The molecule has 0 radical (unpaired) electrons. The number of carbonyl (C=O) groups is 2. The number of aliphatic carboxylic acids is 1. The molecule has 1 heterocycles. The fourth-order valence-corrected chi connectivity index (χ4v) is 3.34. The molecule has 1 saturated heterocycles. The Morgan fingerprint density at radius 1 is 1.23 bits per heavy atom. The lowest BCUT2D eigenvalue weighted by Crippen LogP contribution is -2.19. The highest BCUT2D eigenvalue weighted by Gasteiger charge is 2.24. The Labute approximate surface area is 162 Å². The van der Waals surface area contributed by atoms with Crippen LogP contribution < -0.4 is 10.1 Å². The highest BCUT2D eigenvalue weighted by molar-refractivity contribution is 9.10. The Hall–Kier alpha value is -2.58. The first kappa shape index (κ1) is 18.2. The van der Waals surface area contributed by atoms with Crippen LogP contribution in [-0.4, -0.2) is 28.8 Å². The van der Waals surface area contributed by atoms with Crippen molar-refractivity contribution in [3.63, 3.8) is 0 Å². The minimum atomic E-state index is -1.07. The number of nitrogens with one attached hydrogen (secondary N) is 1. The molecule has 1 amide bonds. The summed E-state index contributed by atoms with van der Waals surface area (Å²) in [6, 6.07) is 14.4. The third-order valence-electron chi connectivity index (χ3n) is 3.28. The molecule has 0 bridgehead atoms. The topological polar surface area (TPSA) is 88.0 Å². The maximum absolute atomic E-state index is 12.2. The molecular formula is C18H13BrN2O4S. The number of carbonyl (C=O) groups excluding carboxylic acids is 1. The van der Waals surface area contributed by atoms with Gasteiger partial charge in [0.2, 0.25) is 0 Å². The number of ether oxygens (including phenoxy) is 1. The molecule has 0 aromatic heterocycles. The fourth-order valence-electron chi connectivity index (χ4n) is 2.14. The summed E-state index contributed by atoms with van der Waals surface area (Å²) in [5.74, 6) is -0.941. The second-order valence-electron chi connectivity index (χ2n) is 5.15. The maximum atomic E-state index is 12.2. The third kappa shape index (κ3) is 4.53. The molecular weight excluding hydrogens is 420 g/mol. The summed E-state index contributed by atoms with van der Waals surface area (Å²) in [7, 11) is 0. The highest BCUT2D eigenvalue weighted by atomic mass is 79.9. The Kier molecular flexibility index (Phi) is 5.75. The van der Waals surface area contributed by atoms with E-state index in [1.54, 1.807) is 30.3 Å². The molecule has 0 spiro atoms. The van der Waals surface area contributed by atoms with Crippen LogP contribution >= 0.6 is 27.7 Å². The number of benzene rings is 2. The van der Waals surface area contributed by atoms with Crippen molar-refractivity contribution in [2.45, 2.75) is 0 Å². The highest BCUT2D eigenvalue weighted by Crippen LogP contribution is 2.32. The lowest BCUT2D eigenvalue weighted by atomic mass is 10.2. The van der Waals surface area contributed by atoms with Crippen LogP contribution in [0.4, 0.5) is 5.69 Å². The minimum Gasteiger partial charge on any atom is -0.481 e. The lowest BCUT2D eigenvalue weighted by molar-refractivity contribution is -0.139. The molecule has 0 aliphatic carbocycles. The van der Waals surface area contributed by atoms with Gasteiger partial charge in [-0.2, -0.15) is 0 Å². The molecule has 6 nitrogen and oxygen atoms in total. The molecule has 132 valence electrons. The number of carboxylic acids is 1. The first-order valence-electron chi connectivity index (χ1n) is 7.50. The monoisotopic (exact) mass is 432 g/mol. The van der Waals surface area contributed by atoms with E-state index in [9.17, 15) is 9.59 Å². The van der Waals surface area contributed by atoms with Gasteiger partial charge in [-0.3, -0.25) is 4.79 Å². The van der Waals surface area contributed by atoms with Crippen LogP contribution in [0.3, 0.4) is 0 Å². The Bertz CT molecular complexity index is 927. The molecule has 1 aliphatic rings. The zero-order valence-electron chi connectivity index (χ0n) is 13.3. The van der Waals surface area contributed by atoms with E-state index in [2.05, 4.69) is 26.2 Å². The van der Waals surface area contributed by atoms with Crippen molar-refractivity contribution in [1.82, 2.24) is 5.32 Å². The van der Waals surface area contributed by atoms with Gasteiger partial charge >= 0.3 is 5.97 Å². The number of carboxylic acid groups (broad SMARTS) is 1. The Morgan fingerprint density at radius 2 is 1.96 bits per heavy atom. The van der Waals surface area contributed by atoms with Gasteiger partial charge in [-0.15, -0.1) is 0 Å². The number of thioether (sulfide) groups is 1. The molecule has 2 N–H and O–H groups in total. The smallest absolute Gasteiger partial charge is 0.341 e. The average molecular weight is 433 g/mol. The van der Waals surface area contributed by atoms with Crippen molar-refractivity contribution in [1.29, 1.82) is 0 Å². The first-order chi connectivity index (χ1) is 12.5. The number of rotatable bonds is 5. The van der Waals surface area contributed by atoms with Crippen molar-refractivity contribution >= 4 is 56.5 Å². The van der Waals surface area contributed by atoms with E-state index >= 15 is 0 Å². The quantitative estimate of drug-likeness (QED) is 0.701. The summed E-state index contributed by atoms with van der Waals surface area (Å²) in [6.45, 7) is -0.450. The largest absolute Gasteiger partial charge is 0.481 e. The Morgan fingerprint density at radius 3 is 2.73 bits per heavy atom. The van der Waals surface area contributed by atoms with Crippen LogP contribution in [0.5, 0.6) is 5.75 Å². The third-order valence-corrected chi connectivity index (χ3v) is 4.86. The number of aliphatic imine (C=N–C) groups is 1. The van der Waals surface area contributed by atoms with Crippen LogP contribution in [0.25, 0.3) is 6.08 Å². The summed E-state index contributed by atoms with van der Waals surface area (Å²) < 4.78 is 6.09. The molecule has 0 saturated carbocycles. The van der Waals surface area contributed by atoms with E-state index in [1.165, 1.54) is 11.8 Å². The fraction of sp³-hybridized carbons (Fsp3) is 0.0556. The summed E-state index contributed by atoms with van der Waals surface area (Å²) in [5, 5.41) is 12.0. The van der Waals surface area contributed by atoms with E-state index in [0.29, 0.717) is 27.1 Å². The van der Waals surface area contributed by atoms with Crippen molar-refractivity contribution in [3.05, 3.63) is 63.5 Å². The van der Waals surface area contributed by atoms with E-state index in [4.69, 9.17) is 9.84 Å². The zero-order valence-corrected chi connectivity index (χ0v) is 15.7. The standard InChI is InChI=1S/C18H13BrN2O4S/c19-12-6-2-3-7-13(12)20-18-21-17(24)15(26-18)9-11-5-1-4-8-14(11)25-10-16(22)23/h1-9H,10H2,(H,22,23)(H,20,21,24)/b15-9+. The van der Waals surface area contributed by atoms with Crippen molar-refractivity contribution in [3.8, 4) is 5.75 Å². The van der Waals surface area contributed by atoms with Crippen LogP contribution in [0.2, 0.25) is 0 Å². The summed E-state index contributed by atoms with van der Waals surface area (Å²) in [4.78, 5) is 27.8. The summed E-state index contributed by atoms with van der Waals surface area (Å²) in [5.41, 5.74) is 1.33. The first-order valence-corrected chi connectivity index (χ1v) is 9.11. The van der Waals surface area contributed by atoms with Gasteiger partial charge in [0, 0.05) is 10.0 Å². The summed E-state index contributed by atoms with van der Waals surface area (Å²) in [6.07, 6.45) is 1.65. The average Bonchev–Trinajstić information content (AvgIpc) is 2.95. The SMILES string of the molecule is O=C(O)COc1ccccc1/C=C1/SC(=Nc2ccccc2Br)NC1=O.